The molecule has 1 aromatic heterocycles. The quantitative estimate of drug-likeness (QED) is 0.754. The molecule has 0 bridgehead atoms. The van der Waals surface area contributed by atoms with Crippen molar-refractivity contribution in [1.29, 1.82) is 0 Å². The second kappa shape index (κ2) is 6.66. The van der Waals surface area contributed by atoms with Crippen molar-refractivity contribution in [1.82, 2.24) is 9.46 Å². The number of hydrogen-bond donors (Lipinski definition) is 1. The fourth-order valence-corrected chi connectivity index (χ4v) is 3.32. The van der Waals surface area contributed by atoms with E-state index in [0.29, 0.717) is 17.0 Å². The Bertz CT molecular complexity index is 1030. The van der Waals surface area contributed by atoms with Gasteiger partial charge in [0.15, 0.2) is 5.58 Å². The third-order valence-electron chi connectivity index (χ3n) is 3.68. The van der Waals surface area contributed by atoms with E-state index in [1.165, 1.54) is 26.2 Å². The van der Waals surface area contributed by atoms with Crippen LogP contribution in [0.15, 0.2) is 57.9 Å². The maximum atomic E-state index is 12.3. The molecule has 0 radical (unpaired) electrons. The molecule has 0 aliphatic heterocycles. The first kappa shape index (κ1) is 17.1. The number of sulfonamides is 1. The molecule has 8 heteroatoms. The molecule has 2 aromatic carbocycles. The highest BCUT2D eigenvalue weighted by molar-refractivity contribution is 7.89. The van der Waals surface area contributed by atoms with Gasteiger partial charge in [-0.2, -0.15) is 0 Å². The van der Waals surface area contributed by atoms with Crippen molar-refractivity contribution >= 4 is 32.6 Å². The van der Waals surface area contributed by atoms with Crippen molar-refractivity contribution in [2.75, 3.05) is 19.4 Å². The highest BCUT2D eigenvalue weighted by atomic mass is 32.2. The van der Waals surface area contributed by atoms with Crippen LogP contribution in [0.25, 0.3) is 11.0 Å². The standard InChI is InChI=1S/C17H17N3O4S/c1-20(2)25(22,23)13-7-5-6-12(10-13)18-17(21)11-15-14-8-3-4-9-16(14)24-19-15/h3-10H,11H2,1-2H3,(H,18,21). The van der Waals surface area contributed by atoms with Gasteiger partial charge in [-0.15, -0.1) is 0 Å². The molecule has 1 heterocycles. The van der Waals surface area contributed by atoms with Gasteiger partial charge in [-0.3, -0.25) is 4.79 Å². The Morgan fingerprint density at radius 3 is 2.68 bits per heavy atom. The Morgan fingerprint density at radius 2 is 1.92 bits per heavy atom. The molecule has 0 unspecified atom stereocenters. The number of anilines is 1. The molecule has 0 aliphatic rings. The molecule has 0 saturated heterocycles. The van der Waals surface area contributed by atoms with E-state index in [2.05, 4.69) is 10.5 Å². The maximum absolute atomic E-state index is 12.3. The summed E-state index contributed by atoms with van der Waals surface area (Å²) in [5, 5.41) is 7.39. The van der Waals surface area contributed by atoms with E-state index < -0.39 is 10.0 Å². The smallest absolute Gasteiger partial charge is 0.242 e. The summed E-state index contributed by atoms with van der Waals surface area (Å²) >= 11 is 0. The molecule has 25 heavy (non-hydrogen) atoms. The number of amides is 1. The lowest BCUT2D eigenvalue weighted by atomic mass is 10.1. The monoisotopic (exact) mass is 359 g/mol. The number of rotatable bonds is 5. The van der Waals surface area contributed by atoms with Gasteiger partial charge in [0.05, 0.1) is 11.3 Å². The highest BCUT2D eigenvalue weighted by Crippen LogP contribution is 2.20. The summed E-state index contributed by atoms with van der Waals surface area (Å²) in [7, 11) is -0.650. The van der Waals surface area contributed by atoms with E-state index in [1.54, 1.807) is 18.2 Å². The summed E-state index contributed by atoms with van der Waals surface area (Å²) in [6.07, 6.45) is 0.0294. The Labute approximate surface area is 145 Å². The molecule has 0 saturated carbocycles. The van der Waals surface area contributed by atoms with E-state index in [-0.39, 0.29) is 17.2 Å². The zero-order valence-electron chi connectivity index (χ0n) is 13.8. The zero-order chi connectivity index (χ0) is 18.0. The molecule has 1 amide bonds. The molecule has 7 nitrogen and oxygen atoms in total. The lowest BCUT2D eigenvalue weighted by molar-refractivity contribution is -0.115. The predicted molar refractivity (Wildman–Crippen MR) is 93.7 cm³/mol. The molecule has 0 aliphatic carbocycles. The first-order valence-corrected chi connectivity index (χ1v) is 8.97. The van der Waals surface area contributed by atoms with Crippen molar-refractivity contribution in [2.45, 2.75) is 11.3 Å². The molecular formula is C17H17N3O4S. The van der Waals surface area contributed by atoms with Crippen molar-refractivity contribution in [2.24, 2.45) is 0 Å². The van der Waals surface area contributed by atoms with Crippen LogP contribution in [-0.4, -0.2) is 37.9 Å². The van der Waals surface area contributed by atoms with Gasteiger partial charge in [0.2, 0.25) is 15.9 Å². The van der Waals surface area contributed by atoms with Gasteiger partial charge in [0, 0.05) is 25.2 Å². The largest absolute Gasteiger partial charge is 0.356 e. The van der Waals surface area contributed by atoms with Gasteiger partial charge in [0.25, 0.3) is 0 Å². The van der Waals surface area contributed by atoms with E-state index in [0.717, 1.165) is 9.69 Å². The number of aromatic nitrogens is 1. The van der Waals surface area contributed by atoms with Crippen LogP contribution in [0.1, 0.15) is 5.69 Å². The molecule has 0 spiro atoms. The molecule has 0 fully saturated rings. The van der Waals surface area contributed by atoms with Crippen molar-refractivity contribution in [3.8, 4) is 0 Å². The van der Waals surface area contributed by atoms with Crippen molar-refractivity contribution in [3.05, 3.63) is 54.2 Å². The van der Waals surface area contributed by atoms with Gasteiger partial charge in [-0.25, -0.2) is 12.7 Å². The zero-order valence-corrected chi connectivity index (χ0v) is 14.6. The number of fused-ring (bicyclic) bond motifs is 1. The summed E-state index contributed by atoms with van der Waals surface area (Å²) in [4.78, 5) is 12.4. The van der Waals surface area contributed by atoms with Gasteiger partial charge in [-0.1, -0.05) is 23.4 Å². The Balaban J connectivity index is 1.78. The first-order chi connectivity index (χ1) is 11.9. The van der Waals surface area contributed by atoms with Gasteiger partial charge in [-0.05, 0) is 30.3 Å². The minimum atomic E-state index is -3.56. The lowest BCUT2D eigenvalue weighted by Gasteiger charge is -2.12. The number of nitrogens with zero attached hydrogens (tertiary/aromatic N) is 2. The van der Waals surface area contributed by atoms with E-state index in [9.17, 15) is 13.2 Å². The van der Waals surface area contributed by atoms with E-state index in [1.807, 2.05) is 18.2 Å². The summed E-state index contributed by atoms with van der Waals surface area (Å²) < 4.78 is 30.6. The third-order valence-corrected chi connectivity index (χ3v) is 5.49. The normalized spacial score (nSPS) is 11.8. The van der Waals surface area contributed by atoms with E-state index >= 15 is 0 Å². The summed E-state index contributed by atoms with van der Waals surface area (Å²) in [6, 6.07) is 13.4. The number of carbonyl (C=O) groups is 1. The fourth-order valence-electron chi connectivity index (χ4n) is 2.37. The van der Waals surface area contributed by atoms with Crippen molar-refractivity contribution in [3.63, 3.8) is 0 Å². The van der Waals surface area contributed by atoms with Crippen LogP contribution >= 0.6 is 0 Å². The maximum Gasteiger partial charge on any atom is 0.242 e. The van der Waals surface area contributed by atoms with Crippen LogP contribution in [-0.2, 0) is 21.2 Å². The van der Waals surface area contributed by atoms with Crippen LogP contribution in [0, 0.1) is 0 Å². The molecule has 130 valence electrons. The number of carbonyl (C=O) groups excluding carboxylic acids is 1. The summed E-state index contributed by atoms with van der Waals surface area (Å²) in [6.45, 7) is 0. The lowest BCUT2D eigenvalue weighted by Crippen LogP contribution is -2.22. The van der Waals surface area contributed by atoms with Crippen LogP contribution < -0.4 is 5.32 Å². The van der Waals surface area contributed by atoms with E-state index in [4.69, 9.17) is 4.52 Å². The van der Waals surface area contributed by atoms with Crippen LogP contribution in [0.2, 0.25) is 0 Å². The second-order valence-corrected chi connectivity index (χ2v) is 7.82. The minimum Gasteiger partial charge on any atom is -0.356 e. The van der Waals surface area contributed by atoms with Crippen molar-refractivity contribution < 1.29 is 17.7 Å². The van der Waals surface area contributed by atoms with Crippen LogP contribution in [0.4, 0.5) is 5.69 Å². The molecule has 3 aromatic rings. The average molecular weight is 359 g/mol. The first-order valence-electron chi connectivity index (χ1n) is 7.53. The van der Waals surface area contributed by atoms with Crippen LogP contribution in [0.5, 0.6) is 0 Å². The number of hydrogen-bond acceptors (Lipinski definition) is 5. The third kappa shape index (κ3) is 3.54. The SMILES string of the molecule is CN(C)S(=O)(=O)c1cccc(NC(=O)Cc2noc3ccccc23)c1. The molecular weight excluding hydrogens is 342 g/mol. The van der Waals surface area contributed by atoms with Gasteiger partial charge in [0.1, 0.15) is 5.69 Å². The predicted octanol–water partition coefficient (Wildman–Crippen LogP) is 2.26. The Hall–Kier alpha value is -2.71. The van der Waals surface area contributed by atoms with Gasteiger partial charge < -0.3 is 9.84 Å². The molecule has 0 atom stereocenters. The Kier molecular flexibility index (Phi) is 4.56. The Morgan fingerprint density at radius 1 is 1.16 bits per heavy atom. The summed E-state index contributed by atoms with van der Waals surface area (Å²) in [5.74, 6) is -0.307. The highest BCUT2D eigenvalue weighted by Gasteiger charge is 2.18. The summed E-state index contributed by atoms with van der Waals surface area (Å²) in [5.41, 5.74) is 1.55. The topological polar surface area (TPSA) is 92.5 Å². The fraction of sp³-hybridized carbons (Fsp3) is 0.176. The van der Waals surface area contributed by atoms with Gasteiger partial charge >= 0.3 is 0 Å². The number of nitrogens with one attached hydrogen (secondary N) is 1. The average Bonchev–Trinajstić information content (AvgIpc) is 2.98. The molecule has 3 rings (SSSR count). The number of para-hydroxylation sites is 1. The molecule has 1 N–H and O–H groups in total. The number of benzene rings is 2. The van der Waals surface area contributed by atoms with Crippen LogP contribution in [0.3, 0.4) is 0 Å². The second-order valence-electron chi connectivity index (χ2n) is 5.67. The minimum absolute atomic E-state index is 0.0294.